The van der Waals surface area contributed by atoms with Crippen molar-refractivity contribution in [3.8, 4) is 0 Å². The molecule has 11 heteroatoms. The molecule has 1 aromatic rings. The maximum absolute atomic E-state index is 13.5. The standard InChI is InChI=1S/C27H38N2O8S/c1-4-21(25(33)29-22-14-20-12-13-27(22,26(20,2)3)17-38(29,34)35)28-37-16-19-10-8-18(9-11-19)15-36-24(32)7-5-6-23(30)31/h8-11,20-22,28H,4-7,12-17H2,1-3H3,(H,30,31)/t20-,21+,22-,27-/m0/s1. The number of hydrogen-bond donors (Lipinski definition) is 2. The molecule has 0 unspecified atom stereocenters. The Bertz CT molecular complexity index is 1170. The van der Waals surface area contributed by atoms with Crippen molar-refractivity contribution in [3.05, 3.63) is 35.4 Å². The number of aliphatic carboxylic acids is 1. The molecule has 4 atom stereocenters. The second-order valence-corrected chi connectivity index (χ2v) is 13.2. The Kier molecular flexibility index (Phi) is 8.20. The van der Waals surface area contributed by atoms with Crippen molar-refractivity contribution in [2.75, 3.05) is 5.75 Å². The third-order valence-electron chi connectivity index (χ3n) is 8.99. The lowest BCUT2D eigenvalue weighted by atomic mass is 9.69. The summed E-state index contributed by atoms with van der Waals surface area (Å²) in [4.78, 5) is 41.3. The molecule has 3 aliphatic rings. The van der Waals surface area contributed by atoms with Gasteiger partial charge in [0.2, 0.25) is 10.0 Å². The van der Waals surface area contributed by atoms with Gasteiger partial charge in [-0.25, -0.2) is 12.7 Å². The summed E-state index contributed by atoms with van der Waals surface area (Å²) in [6.07, 6.45) is 3.21. The maximum Gasteiger partial charge on any atom is 0.306 e. The van der Waals surface area contributed by atoms with Crippen LogP contribution in [-0.4, -0.2) is 53.5 Å². The van der Waals surface area contributed by atoms with Crippen molar-refractivity contribution in [1.29, 1.82) is 0 Å². The molecule has 2 N–H and O–H groups in total. The number of rotatable bonds is 12. The Labute approximate surface area is 224 Å². The molecule has 2 bridgehead atoms. The summed E-state index contributed by atoms with van der Waals surface area (Å²) in [5.74, 6) is -1.36. The van der Waals surface area contributed by atoms with Gasteiger partial charge in [0.05, 0.1) is 18.4 Å². The molecular formula is C27H38N2O8S. The fourth-order valence-corrected chi connectivity index (χ4v) is 9.19. The van der Waals surface area contributed by atoms with E-state index < -0.39 is 33.9 Å². The van der Waals surface area contributed by atoms with Crippen molar-refractivity contribution >= 4 is 27.9 Å². The third kappa shape index (κ3) is 5.33. The Hall–Kier alpha value is -2.50. The maximum atomic E-state index is 13.5. The largest absolute Gasteiger partial charge is 0.481 e. The van der Waals surface area contributed by atoms with Gasteiger partial charge in [0, 0.05) is 18.3 Å². The number of ether oxygens (including phenoxy) is 1. The average Bonchev–Trinajstić information content (AvgIpc) is 3.33. The second-order valence-electron chi connectivity index (χ2n) is 11.3. The van der Waals surface area contributed by atoms with Crippen LogP contribution in [0.2, 0.25) is 0 Å². The summed E-state index contributed by atoms with van der Waals surface area (Å²) in [7, 11) is -3.69. The van der Waals surface area contributed by atoms with Crippen LogP contribution in [0, 0.1) is 16.7 Å². The van der Waals surface area contributed by atoms with E-state index in [1.54, 1.807) is 12.1 Å². The van der Waals surface area contributed by atoms with Gasteiger partial charge in [0.15, 0.2) is 0 Å². The lowest BCUT2D eigenvalue weighted by molar-refractivity contribution is -0.145. The lowest BCUT2D eigenvalue weighted by Gasteiger charge is -2.37. The van der Waals surface area contributed by atoms with Gasteiger partial charge < -0.3 is 9.84 Å². The number of amides is 1. The van der Waals surface area contributed by atoms with Crippen LogP contribution in [0.4, 0.5) is 0 Å². The molecule has 4 rings (SSSR count). The van der Waals surface area contributed by atoms with Crippen molar-refractivity contribution in [3.63, 3.8) is 0 Å². The van der Waals surface area contributed by atoms with Crippen molar-refractivity contribution in [1.82, 2.24) is 9.79 Å². The van der Waals surface area contributed by atoms with E-state index >= 15 is 0 Å². The molecule has 3 fully saturated rings. The van der Waals surface area contributed by atoms with E-state index in [1.165, 1.54) is 4.31 Å². The van der Waals surface area contributed by atoms with Gasteiger partial charge in [-0.3, -0.25) is 19.2 Å². The summed E-state index contributed by atoms with van der Waals surface area (Å²) < 4.78 is 32.7. The zero-order valence-electron chi connectivity index (χ0n) is 22.3. The molecule has 1 aliphatic heterocycles. The minimum Gasteiger partial charge on any atom is -0.481 e. The number of carboxylic acid groups (broad SMARTS) is 1. The minimum absolute atomic E-state index is 0.0428. The molecule has 1 amide bonds. The first-order chi connectivity index (χ1) is 17.9. The van der Waals surface area contributed by atoms with Gasteiger partial charge in [-0.1, -0.05) is 45.0 Å². The van der Waals surface area contributed by atoms with E-state index in [0.717, 1.165) is 30.4 Å². The highest BCUT2D eigenvalue weighted by atomic mass is 32.2. The predicted molar refractivity (Wildman–Crippen MR) is 138 cm³/mol. The van der Waals surface area contributed by atoms with Crippen molar-refractivity contribution in [2.45, 2.75) is 91.0 Å². The molecule has 38 heavy (non-hydrogen) atoms. The van der Waals surface area contributed by atoms with Crippen molar-refractivity contribution < 1.29 is 37.5 Å². The molecule has 1 heterocycles. The van der Waals surface area contributed by atoms with Gasteiger partial charge in [0.25, 0.3) is 5.91 Å². The minimum atomic E-state index is -3.69. The van der Waals surface area contributed by atoms with E-state index in [-0.39, 0.29) is 55.1 Å². The Balaban J connectivity index is 1.28. The van der Waals surface area contributed by atoms with Crippen LogP contribution in [0.25, 0.3) is 0 Å². The molecule has 2 aliphatic carbocycles. The molecule has 210 valence electrons. The number of nitrogens with one attached hydrogen (secondary N) is 1. The number of esters is 1. The first kappa shape index (κ1) is 28.5. The van der Waals surface area contributed by atoms with E-state index in [9.17, 15) is 22.8 Å². The number of hydrogen-bond acceptors (Lipinski definition) is 8. The van der Waals surface area contributed by atoms with Gasteiger partial charge in [0.1, 0.15) is 12.6 Å². The third-order valence-corrected chi connectivity index (χ3v) is 10.9. The molecular weight excluding hydrogens is 512 g/mol. The molecule has 2 saturated carbocycles. The number of sulfonamides is 1. The van der Waals surface area contributed by atoms with Gasteiger partial charge >= 0.3 is 11.9 Å². The summed E-state index contributed by atoms with van der Waals surface area (Å²) >= 11 is 0. The number of nitrogens with zero attached hydrogens (tertiary/aromatic N) is 1. The molecule has 1 aromatic carbocycles. The SMILES string of the molecule is CC[C@@H](NOCc1ccc(COC(=O)CCCC(=O)O)cc1)C(=O)N1[C@H]2C[C@@H]3CC[C@@]2(CS1(=O)=O)C3(C)C. The summed E-state index contributed by atoms with van der Waals surface area (Å²) in [6, 6.07) is 6.15. The first-order valence-electron chi connectivity index (χ1n) is 13.3. The van der Waals surface area contributed by atoms with Gasteiger partial charge in [-0.05, 0) is 54.6 Å². The highest BCUT2D eigenvalue weighted by molar-refractivity contribution is 7.90. The van der Waals surface area contributed by atoms with Crippen LogP contribution in [0.5, 0.6) is 0 Å². The molecule has 0 radical (unpaired) electrons. The fraction of sp³-hybridized carbons (Fsp3) is 0.667. The second kappa shape index (κ2) is 10.9. The quantitative estimate of drug-likeness (QED) is 0.297. The van der Waals surface area contributed by atoms with Gasteiger partial charge in [-0.15, -0.1) is 0 Å². The molecule has 1 saturated heterocycles. The fourth-order valence-electron chi connectivity index (χ4n) is 6.62. The summed E-state index contributed by atoms with van der Waals surface area (Å²) in [6.45, 7) is 6.38. The number of fused-ring (bicyclic) bond motifs is 1. The van der Waals surface area contributed by atoms with Crippen LogP contribution in [0.3, 0.4) is 0 Å². The number of carbonyl (C=O) groups is 3. The van der Waals surface area contributed by atoms with Crippen molar-refractivity contribution in [2.24, 2.45) is 16.7 Å². The topological polar surface area (TPSA) is 139 Å². The molecule has 10 nitrogen and oxygen atoms in total. The van der Waals surface area contributed by atoms with E-state index in [0.29, 0.717) is 12.3 Å². The Morgan fingerprint density at radius 2 is 1.79 bits per heavy atom. The van der Waals surface area contributed by atoms with Crippen LogP contribution in [-0.2, 0) is 47.2 Å². The summed E-state index contributed by atoms with van der Waals surface area (Å²) in [5.41, 5.74) is 3.92. The van der Waals surface area contributed by atoms with E-state index in [2.05, 4.69) is 19.3 Å². The number of hydroxylamine groups is 1. The van der Waals surface area contributed by atoms with Gasteiger partial charge in [-0.2, -0.15) is 5.48 Å². The average molecular weight is 551 g/mol. The van der Waals surface area contributed by atoms with E-state index in [4.69, 9.17) is 14.7 Å². The number of benzene rings is 1. The first-order valence-corrected chi connectivity index (χ1v) is 14.9. The summed E-state index contributed by atoms with van der Waals surface area (Å²) in [5, 5.41) is 8.62. The number of carboxylic acids is 1. The number of carbonyl (C=O) groups excluding carboxylic acids is 2. The monoisotopic (exact) mass is 550 g/mol. The zero-order valence-corrected chi connectivity index (χ0v) is 23.1. The molecule has 1 spiro atoms. The Morgan fingerprint density at radius 1 is 1.13 bits per heavy atom. The highest BCUT2D eigenvalue weighted by Gasteiger charge is 2.72. The van der Waals surface area contributed by atoms with Crippen LogP contribution < -0.4 is 5.48 Å². The lowest BCUT2D eigenvalue weighted by Crippen LogP contribution is -2.51. The zero-order chi connectivity index (χ0) is 27.7. The van der Waals surface area contributed by atoms with Crippen LogP contribution in [0.15, 0.2) is 24.3 Å². The normalized spacial score (nSPS) is 27.2. The molecule has 0 aromatic heterocycles. The highest BCUT2D eigenvalue weighted by Crippen LogP contribution is 2.70. The predicted octanol–water partition coefficient (Wildman–Crippen LogP) is 3.15. The smallest absolute Gasteiger partial charge is 0.306 e. The Morgan fingerprint density at radius 3 is 2.39 bits per heavy atom. The van der Waals surface area contributed by atoms with E-state index in [1.807, 2.05) is 19.1 Å². The van der Waals surface area contributed by atoms with Crippen LogP contribution in [0.1, 0.15) is 76.8 Å². The van der Waals surface area contributed by atoms with Crippen LogP contribution >= 0.6 is 0 Å².